The van der Waals surface area contributed by atoms with Crippen molar-refractivity contribution in [2.45, 2.75) is 19.3 Å². The highest BCUT2D eigenvalue weighted by molar-refractivity contribution is 5.67. The van der Waals surface area contributed by atoms with Gasteiger partial charge in [-0.25, -0.2) is 0 Å². The van der Waals surface area contributed by atoms with Gasteiger partial charge in [-0.3, -0.25) is 4.79 Å². The van der Waals surface area contributed by atoms with E-state index in [2.05, 4.69) is 11.0 Å². The first-order chi connectivity index (χ1) is 8.70. The van der Waals surface area contributed by atoms with Gasteiger partial charge < -0.3 is 10.0 Å². The van der Waals surface area contributed by atoms with Crippen molar-refractivity contribution in [1.82, 2.24) is 0 Å². The van der Waals surface area contributed by atoms with E-state index >= 15 is 0 Å². The zero-order valence-electron chi connectivity index (χ0n) is 10.2. The lowest BCUT2D eigenvalue weighted by Crippen LogP contribution is -2.34. The van der Waals surface area contributed by atoms with Crippen LogP contribution in [0.3, 0.4) is 0 Å². The number of hydrogen-bond donors (Lipinski definition) is 1. The molecule has 1 aliphatic heterocycles. The largest absolute Gasteiger partial charge is 0.481 e. The Kier molecular flexibility index (Phi) is 3.83. The number of rotatable bonds is 3. The van der Waals surface area contributed by atoms with Crippen LogP contribution in [0, 0.1) is 17.2 Å². The van der Waals surface area contributed by atoms with E-state index in [1.165, 1.54) is 0 Å². The monoisotopic (exact) mass is 244 g/mol. The molecule has 0 radical (unpaired) electrons. The van der Waals surface area contributed by atoms with E-state index in [-0.39, 0.29) is 12.3 Å². The lowest BCUT2D eigenvalue weighted by atomic mass is 9.93. The summed E-state index contributed by atoms with van der Waals surface area (Å²) in [6.07, 6.45) is 2.02. The summed E-state index contributed by atoms with van der Waals surface area (Å²) in [5.74, 6) is -0.445. The first-order valence-corrected chi connectivity index (χ1v) is 6.16. The van der Waals surface area contributed by atoms with Crippen LogP contribution in [-0.4, -0.2) is 24.2 Å². The van der Waals surface area contributed by atoms with E-state index in [4.69, 9.17) is 10.4 Å². The standard InChI is InChI=1S/C14H16N2O2/c15-10-12-3-1-2-4-13(12)16-7-5-11(6-8-16)9-14(17)18/h1-4,11H,5-9H2,(H,17,18). The summed E-state index contributed by atoms with van der Waals surface area (Å²) in [6.45, 7) is 1.66. The Hall–Kier alpha value is -2.02. The highest BCUT2D eigenvalue weighted by Crippen LogP contribution is 2.27. The summed E-state index contributed by atoms with van der Waals surface area (Å²) < 4.78 is 0. The molecule has 1 aliphatic rings. The van der Waals surface area contributed by atoms with Crippen LogP contribution in [-0.2, 0) is 4.79 Å². The van der Waals surface area contributed by atoms with Gasteiger partial charge in [0, 0.05) is 19.5 Å². The Morgan fingerprint density at radius 1 is 1.39 bits per heavy atom. The minimum atomic E-state index is -0.717. The fourth-order valence-electron chi connectivity index (χ4n) is 2.47. The summed E-state index contributed by atoms with van der Waals surface area (Å²) in [5.41, 5.74) is 1.66. The van der Waals surface area contributed by atoms with Gasteiger partial charge in [-0.05, 0) is 30.9 Å². The molecule has 1 heterocycles. The molecule has 0 bridgehead atoms. The van der Waals surface area contributed by atoms with E-state index in [0.717, 1.165) is 31.6 Å². The average Bonchev–Trinajstić information content (AvgIpc) is 2.39. The second-order valence-electron chi connectivity index (χ2n) is 4.66. The maximum absolute atomic E-state index is 10.7. The molecule has 0 saturated carbocycles. The van der Waals surface area contributed by atoms with Crippen molar-refractivity contribution < 1.29 is 9.90 Å². The van der Waals surface area contributed by atoms with Crippen LogP contribution in [0.2, 0.25) is 0 Å². The Bertz CT molecular complexity index is 471. The highest BCUT2D eigenvalue weighted by Gasteiger charge is 2.22. The quantitative estimate of drug-likeness (QED) is 0.885. The van der Waals surface area contributed by atoms with Gasteiger partial charge >= 0.3 is 5.97 Å². The van der Waals surface area contributed by atoms with Crippen molar-refractivity contribution in [2.24, 2.45) is 5.92 Å². The lowest BCUT2D eigenvalue weighted by Gasteiger charge is -2.33. The predicted octanol–water partition coefficient (Wildman–Crippen LogP) is 2.25. The van der Waals surface area contributed by atoms with Crippen LogP contribution < -0.4 is 4.90 Å². The second kappa shape index (κ2) is 5.54. The van der Waals surface area contributed by atoms with Crippen molar-refractivity contribution in [3.63, 3.8) is 0 Å². The van der Waals surface area contributed by atoms with Crippen LogP contribution in [0.25, 0.3) is 0 Å². The average molecular weight is 244 g/mol. The lowest BCUT2D eigenvalue weighted by molar-refractivity contribution is -0.138. The van der Waals surface area contributed by atoms with Gasteiger partial charge in [0.2, 0.25) is 0 Å². The molecule has 0 atom stereocenters. The predicted molar refractivity (Wildman–Crippen MR) is 68.3 cm³/mol. The van der Waals surface area contributed by atoms with E-state index in [1.54, 1.807) is 0 Å². The third kappa shape index (κ3) is 2.80. The molecule has 0 amide bonds. The first kappa shape index (κ1) is 12.4. The maximum atomic E-state index is 10.7. The molecule has 1 aromatic carbocycles. The summed E-state index contributed by atoms with van der Waals surface area (Å²) in [5, 5.41) is 17.8. The topological polar surface area (TPSA) is 64.3 Å². The smallest absolute Gasteiger partial charge is 0.303 e. The minimum Gasteiger partial charge on any atom is -0.481 e. The molecule has 4 nitrogen and oxygen atoms in total. The number of hydrogen-bond acceptors (Lipinski definition) is 3. The molecule has 4 heteroatoms. The molecular formula is C14H16N2O2. The SMILES string of the molecule is N#Cc1ccccc1N1CCC(CC(=O)O)CC1. The second-order valence-corrected chi connectivity index (χ2v) is 4.66. The van der Waals surface area contributed by atoms with Crippen LogP contribution >= 0.6 is 0 Å². The summed E-state index contributed by atoms with van der Waals surface area (Å²) in [4.78, 5) is 12.8. The number of carboxylic acid groups (broad SMARTS) is 1. The van der Waals surface area contributed by atoms with Gasteiger partial charge in [0.05, 0.1) is 11.3 Å². The number of carbonyl (C=O) groups is 1. The number of anilines is 1. The van der Waals surface area contributed by atoms with Crippen molar-refractivity contribution >= 4 is 11.7 Å². The molecule has 18 heavy (non-hydrogen) atoms. The summed E-state index contributed by atoms with van der Waals surface area (Å²) in [6, 6.07) is 9.76. The third-order valence-corrected chi connectivity index (χ3v) is 3.44. The number of para-hydroxylation sites is 1. The first-order valence-electron chi connectivity index (χ1n) is 6.16. The molecule has 94 valence electrons. The molecular weight excluding hydrogens is 228 g/mol. The van der Waals surface area contributed by atoms with Crippen molar-refractivity contribution in [3.8, 4) is 6.07 Å². The minimum absolute atomic E-state index is 0.258. The maximum Gasteiger partial charge on any atom is 0.303 e. The Morgan fingerprint density at radius 3 is 2.67 bits per heavy atom. The number of nitrogens with zero attached hydrogens (tertiary/aromatic N) is 2. The molecule has 0 aliphatic carbocycles. The van der Waals surface area contributed by atoms with Gasteiger partial charge in [0.25, 0.3) is 0 Å². The number of piperidine rings is 1. The Morgan fingerprint density at radius 2 is 2.06 bits per heavy atom. The Balaban J connectivity index is 2.01. The molecule has 2 rings (SSSR count). The number of aliphatic carboxylic acids is 1. The third-order valence-electron chi connectivity index (χ3n) is 3.44. The van der Waals surface area contributed by atoms with E-state index < -0.39 is 5.97 Å². The van der Waals surface area contributed by atoms with Gasteiger partial charge in [-0.1, -0.05) is 12.1 Å². The number of carboxylic acids is 1. The molecule has 0 spiro atoms. The zero-order valence-corrected chi connectivity index (χ0v) is 10.2. The fraction of sp³-hybridized carbons (Fsp3) is 0.429. The van der Waals surface area contributed by atoms with E-state index in [0.29, 0.717) is 5.56 Å². The van der Waals surface area contributed by atoms with E-state index in [9.17, 15) is 4.79 Å². The molecule has 1 N–H and O–H groups in total. The van der Waals surface area contributed by atoms with Gasteiger partial charge in [0.1, 0.15) is 6.07 Å². The molecule has 1 aromatic rings. The molecule has 1 fully saturated rings. The number of benzene rings is 1. The fourth-order valence-corrected chi connectivity index (χ4v) is 2.47. The molecule has 0 unspecified atom stereocenters. The Labute approximate surface area is 106 Å². The molecule has 1 saturated heterocycles. The van der Waals surface area contributed by atoms with Gasteiger partial charge in [0.15, 0.2) is 0 Å². The van der Waals surface area contributed by atoms with Crippen molar-refractivity contribution in [2.75, 3.05) is 18.0 Å². The van der Waals surface area contributed by atoms with Crippen LogP contribution in [0.1, 0.15) is 24.8 Å². The van der Waals surface area contributed by atoms with Gasteiger partial charge in [-0.15, -0.1) is 0 Å². The number of nitriles is 1. The van der Waals surface area contributed by atoms with Crippen molar-refractivity contribution in [1.29, 1.82) is 5.26 Å². The normalized spacial score (nSPS) is 16.3. The molecule has 0 aromatic heterocycles. The van der Waals surface area contributed by atoms with E-state index in [1.807, 2.05) is 24.3 Å². The van der Waals surface area contributed by atoms with Crippen molar-refractivity contribution in [3.05, 3.63) is 29.8 Å². The van der Waals surface area contributed by atoms with Gasteiger partial charge in [-0.2, -0.15) is 5.26 Å². The van der Waals surface area contributed by atoms with Crippen LogP contribution in [0.4, 0.5) is 5.69 Å². The summed E-state index contributed by atoms with van der Waals surface area (Å²) in [7, 11) is 0. The highest BCUT2D eigenvalue weighted by atomic mass is 16.4. The van der Waals surface area contributed by atoms with Crippen LogP contribution in [0.15, 0.2) is 24.3 Å². The summed E-state index contributed by atoms with van der Waals surface area (Å²) >= 11 is 0. The zero-order chi connectivity index (χ0) is 13.0. The van der Waals surface area contributed by atoms with Crippen LogP contribution in [0.5, 0.6) is 0 Å².